The molecule has 0 aliphatic carbocycles. The maximum Gasteiger partial charge on any atom is 0.408 e. The Morgan fingerprint density at radius 3 is 2.71 bits per heavy atom. The van der Waals surface area contributed by atoms with Gasteiger partial charge in [-0.05, 0) is 19.3 Å². The summed E-state index contributed by atoms with van der Waals surface area (Å²) in [5.41, 5.74) is -0.142. The number of nitrogens with zero attached hydrogens (tertiary/aromatic N) is 2. The van der Waals surface area contributed by atoms with E-state index in [1.807, 2.05) is 6.92 Å². The zero-order valence-corrected chi connectivity index (χ0v) is 13.5. The number of halogens is 3. The molecule has 1 saturated heterocycles. The number of carbonyl (C=O) groups is 2. The van der Waals surface area contributed by atoms with Crippen molar-refractivity contribution in [2.24, 2.45) is 0 Å². The van der Waals surface area contributed by atoms with Gasteiger partial charge in [-0.15, -0.1) is 0 Å². The second-order valence-electron chi connectivity index (χ2n) is 5.87. The van der Waals surface area contributed by atoms with Crippen LogP contribution in [0.3, 0.4) is 0 Å². The SMILES string of the molecule is CCCc1nc(C(=O)N2C[C@H](NC(C)=O)CC[C@H]2C(F)(F)F)co1. The Morgan fingerprint density at radius 2 is 2.12 bits per heavy atom. The molecule has 0 saturated carbocycles. The van der Waals surface area contributed by atoms with E-state index in [0.29, 0.717) is 12.3 Å². The number of nitrogens with one attached hydrogen (secondary N) is 1. The molecule has 1 aromatic heterocycles. The minimum atomic E-state index is -4.53. The molecular formula is C15H20F3N3O3. The molecule has 0 bridgehead atoms. The maximum atomic E-state index is 13.3. The van der Waals surface area contributed by atoms with Gasteiger partial charge < -0.3 is 14.6 Å². The van der Waals surface area contributed by atoms with Gasteiger partial charge in [-0.2, -0.15) is 13.2 Å². The zero-order valence-electron chi connectivity index (χ0n) is 13.5. The summed E-state index contributed by atoms with van der Waals surface area (Å²) in [4.78, 5) is 28.3. The fraction of sp³-hybridized carbons (Fsp3) is 0.667. The Hall–Kier alpha value is -2.06. The summed E-state index contributed by atoms with van der Waals surface area (Å²) >= 11 is 0. The first-order valence-electron chi connectivity index (χ1n) is 7.81. The molecule has 1 aromatic rings. The molecule has 2 rings (SSSR count). The Balaban J connectivity index is 2.21. The summed E-state index contributed by atoms with van der Waals surface area (Å²) in [7, 11) is 0. The third kappa shape index (κ3) is 4.27. The smallest absolute Gasteiger partial charge is 0.408 e. The number of oxazole rings is 1. The molecule has 134 valence electrons. The highest BCUT2D eigenvalue weighted by Crippen LogP contribution is 2.33. The lowest BCUT2D eigenvalue weighted by molar-refractivity contribution is -0.184. The molecule has 0 spiro atoms. The number of hydrogen-bond acceptors (Lipinski definition) is 4. The molecule has 0 radical (unpaired) electrons. The molecule has 24 heavy (non-hydrogen) atoms. The van der Waals surface area contributed by atoms with Gasteiger partial charge in [-0.3, -0.25) is 9.59 Å². The van der Waals surface area contributed by atoms with E-state index >= 15 is 0 Å². The zero-order chi connectivity index (χ0) is 17.9. The Morgan fingerprint density at radius 1 is 1.42 bits per heavy atom. The van der Waals surface area contributed by atoms with E-state index in [2.05, 4.69) is 10.3 Å². The molecule has 1 fully saturated rings. The molecule has 0 aromatic carbocycles. The van der Waals surface area contributed by atoms with E-state index in [1.54, 1.807) is 0 Å². The van der Waals surface area contributed by atoms with E-state index in [9.17, 15) is 22.8 Å². The van der Waals surface area contributed by atoms with Crippen LogP contribution in [0, 0.1) is 0 Å². The molecule has 1 aliphatic heterocycles. The van der Waals surface area contributed by atoms with Crippen LogP contribution in [0.15, 0.2) is 10.7 Å². The largest absolute Gasteiger partial charge is 0.448 e. The van der Waals surface area contributed by atoms with Crippen LogP contribution in [0.25, 0.3) is 0 Å². The quantitative estimate of drug-likeness (QED) is 0.907. The van der Waals surface area contributed by atoms with E-state index in [-0.39, 0.29) is 31.0 Å². The van der Waals surface area contributed by atoms with Gasteiger partial charge in [-0.25, -0.2) is 4.98 Å². The van der Waals surface area contributed by atoms with Crippen LogP contribution >= 0.6 is 0 Å². The van der Waals surface area contributed by atoms with E-state index in [0.717, 1.165) is 17.6 Å². The van der Waals surface area contributed by atoms with Crippen LogP contribution in [-0.2, 0) is 11.2 Å². The number of piperidine rings is 1. The Labute approximate surface area is 137 Å². The number of alkyl halides is 3. The first-order valence-corrected chi connectivity index (χ1v) is 7.81. The average Bonchev–Trinajstić information content (AvgIpc) is 2.93. The summed E-state index contributed by atoms with van der Waals surface area (Å²) in [6.45, 7) is 2.98. The van der Waals surface area contributed by atoms with Gasteiger partial charge in [0.15, 0.2) is 11.6 Å². The van der Waals surface area contributed by atoms with Crippen molar-refractivity contribution in [1.82, 2.24) is 15.2 Å². The van der Waals surface area contributed by atoms with Crippen molar-refractivity contribution in [3.63, 3.8) is 0 Å². The fourth-order valence-corrected chi connectivity index (χ4v) is 2.83. The molecule has 2 heterocycles. The summed E-state index contributed by atoms with van der Waals surface area (Å²) < 4.78 is 44.9. The molecule has 6 nitrogen and oxygen atoms in total. The summed E-state index contributed by atoms with van der Waals surface area (Å²) in [5.74, 6) is -0.858. The standard InChI is InChI=1S/C15H20F3N3O3/c1-3-4-13-20-11(8-24-13)14(23)21-7-10(19-9(2)22)5-6-12(21)15(16,17)18/h8,10,12H,3-7H2,1-2H3,(H,19,22)/t10-,12+/m1/s1. The predicted molar refractivity (Wildman–Crippen MR) is 78.2 cm³/mol. The molecule has 1 N–H and O–H groups in total. The summed E-state index contributed by atoms with van der Waals surface area (Å²) in [6.07, 6.45) is -2.30. The van der Waals surface area contributed by atoms with Crippen molar-refractivity contribution in [3.05, 3.63) is 17.8 Å². The van der Waals surface area contributed by atoms with Crippen molar-refractivity contribution in [2.75, 3.05) is 6.54 Å². The third-order valence-electron chi connectivity index (χ3n) is 3.86. The number of carbonyl (C=O) groups excluding carboxylic acids is 2. The van der Waals surface area contributed by atoms with Crippen molar-refractivity contribution < 1.29 is 27.2 Å². The van der Waals surface area contributed by atoms with Gasteiger partial charge in [0.25, 0.3) is 5.91 Å². The van der Waals surface area contributed by atoms with Crippen molar-refractivity contribution in [2.45, 2.75) is 57.8 Å². The molecule has 1 aliphatic rings. The molecule has 0 unspecified atom stereocenters. The fourth-order valence-electron chi connectivity index (χ4n) is 2.83. The van der Waals surface area contributed by atoms with E-state index in [4.69, 9.17) is 4.42 Å². The minimum absolute atomic E-state index is 0.142. The lowest BCUT2D eigenvalue weighted by atomic mass is 9.97. The Bertz CT molecular complexity index is 600. The normalized spacial score (nSPS) is 21.6. The van der Waals surface area contributed by atoms with Crippen LogP contribution < -0.4 is 5.32 Å². The van der Waals surface area contributed by atoms with Gasteiger partial charge in [0.1, 0.15) is 12.3 Å². The van der Waals surface area contributed by atoms with Crippen molar-refractivity contribution in [1.29, 1.82) is 0 Å². The predicted octanol–water partition coefficient (Wildman–Crippen LogP) is 2.30. The first-order chi connectivity index (χ1) is 11.2. The third-order valence-corrected chi connectivity index (χ3v) is 3.86. The number of amides is 2. The maximum absolute atomic E-state index is 13.3. The second kappa shape index (κ2) is 7.23. The van der Waals surface area contributed by atoms with Gasteiger partial charge in [0.05, 0.1) is 0 Å². The highest BCUT2D eigenvalue weighted by atomic mass is 19.4. The second-order valence-corrected chi connectivity index (χ2v) is 5.87. The van der Waals surface area contributed by atoms with Gasteiger partial charge >= 0.3 is 6.18 Å². The topological polar surface area (TPSA) is 75.4 Å². The molecule has 2 amide bonds. The number of hydrogen-bond donors (Lipinski definition) is 1. The minimum Gasteiger partial charge on any atom is -0.448 e. The van der Waals surface area contributed by atoms with Crippen molar-refractivity contribution in [3.8, 4) is 0 Å². The number of rotatable bonds is 4. The lowest BCUT2D eigenvalue weighted by Crippen LogP contribution is -2.58. The average molecular weight is 347 g/mol. The van der Waals surface area contributed by atoms with Gasteiger partial charge in [-0.1, -0.05) is 6.92 Å². The lowest BCUT2D eigenvalue weighted by Gasteiger charge is -2.40. The molecule has 9 heteroatoms. The monoisotopic (exact) mass is 347 g/mol. The Kier molecular flexibility index (Phi) is 5.51. The highest BCUT2D eigenvalue weighted by molar-refractivity contribution is 5.92. The van der Waals surface area contributed by atoms with Crippen LogP contribution in [0.1, 0.15) is 49.5 Å². The summed E-state index contributed by atoms with van der Waals surface area (Å²) in [5, 5.41) is 2.57. The first kappa shape index (κ1) is 18.3. The van der Waals surface area contributed by atoms with Crippen molar-refractivity contribution >= 4 is 11.8 Å². The molecule has 2 atom stereocenters. The summed E-state index contributed by atoms with van der Waals surface area (Å²) in [6, 6.07) is -2.40. The van der Waals surface area contributed by atoms with Crippen LogP contribution in [-0.4, -0.2) is 46.5 Å². The van der Waals surface area contributed by atoms with Crippen LogP contribution in [0.4, 0.5) is 13.2 Å². The molecular weight excluding hydrogens is 327 g/mol. The number of likely N-dealkylation sites (tertiary alicyclic amines) is 1. The van der Waals surface area contributed by atoms with Crippen LogP contribution in [0.2, 0.25) is 0 Å². The van der Waals surface area contributed by atoms with E-state index < -0.39 is 24.2 Å². The number of aryl methyl sites for hydroxylation is 1. The van der Waals surface area contributed by atoms with E-state index in [1.165, 1.54) is 6.92 Å². The van der Waals surface area contributed by atoms with Gasteiger partial charge in [0.2, 0.25) is 5.91 Å². The van der Waals surface area contributed by atoms with Gasteiger partial charge in [0, 0.05) is 25.9 Å². The highest BCUT2D eigenvalue weighted by Gasteiger charge is 2.48. The number of aromatic nitrogens is 1. The van der Waals surface area contributed by atoms with Crippen LogP contribution in [0.5, 0.6) is 0 Å².